The summed E-state index contributed by atoms with van der Waals surface area (Å²) in [6.07, 6.45) is -24.2. The van der Waals surface area contributed by atoms with E-state index in [1.807, 2.05) is 0 Å². The van der Waals surface area contributed by atoms with Crippen LogP contribution in [0.3, 0.4) is 0 Å². The SMILES string of the molecule is CC(=O)N[C@H]1[C@H]([C@H](O)[C@H](O)CO)O[C@@](O[C@@H]2[C@@H](O)[C@H](n3cc([C@H]4O[C@H](CO)[C@@H](O)[C@H](O)[C@@H]4O)c4ccccc43)O[C@H](CO)[C@@H]2O)(C(=O)O)C[C@@H]1O. The van der Waals surface area contributed by atoms with E-state index >= 15 is 0 Å². The van der Waals surface area contributed by atoms with Crippen LogP contribution in [0.1, 0.15) is 31.2 Å². The number of aliphatic hydroxyl groups excluding tert-OH is 11. The van der Waals surface area contributed by atoms with Gasteiger partial charge in [0.1, 0.15) is 73.2 Å². The fraction of sp³-hybridized carbons (Fsp3) is 0.677. The lowest BCUT2D eigenvalue weighted by atomic mass is 9.88. The van der Waals surface area contributed by atoms with E-state index in [1.165, 1.54) is 10.8 Å². The molecule has 3 fully saturated rings. The summed E-state index contributed by atoms with van der Waals surface area (Å²) in [6.45, 7) is -1.56. The van der Waals surface area contributed by atoms with E-state index in [-0.39, 0.29) is 5.56 Å². The molecule has 16 atom stereocenters. The van der Waals surface area contributed by atoms with Crippen molar-refractivity contribution in [2.75, 3.05) is 19.8 Å². The highest BCUT2D eigenvalue weighted by Crippen LogP contribution is 2.42. The summed E-state index contributed by atoms with van der Waals surface area (Å²) < 4.78 is 24.4. The number of aliphatic carboxylic acids is 1. The Bertz CT molecular complexity index is 1520. The number of carbonyl (C=O) groups is 2. The Morgan fingerprint density at radius 1 is 0.941 bits per heavy atom. The normalized spacial score (nSPS) is 40.1. The second kappa shape index (κ2) is 15.6. The zero-order valence-corrected chi connectivity index (χ0v) is 27.1. The first-order valence-corrected chi connectivity index (χ1v) is 16.1. The van der Waals surface area contributed by atoms with Crippen molar-refractivity contribution in [2.24, 2.45) is 0 Å². The van der Waals surface area contributed by atoms with Crippen LogP contribution in [0, 0.1) is 0 Å². The number of para-hydroxylation sites is 1. The van der Waals surface area contributed by atoms with Gasteiger partial charge in [-0.1, -0.05) is 18.2 Å². The molecular weight excluding hydrogens is 688 g/mol. The van der Waals surface area contributed by atoms with Crippen molar-refractivity contribution in [3.63, 3.8) is 0 Å². The molecule has 1 aromatic heterocycles. The number of aliphatic hydroxyl groups is 11. The molecule has 3 aliphatic rings. The van der Waals surface area contributed by atoms with Crippen LogP contribution in [0.4, 0.5) is 0 Å². The van der Waals surface area contributed by atoms with E-state index in [1.54, 1.807) is 24.3 Å². The highest BCUT2D eigenvalue weighted by atomic mass is 16.7. The third-order valence-electron chi connectivity index (χ3n) is 9.60. The molecule has 0 unspecified atom stereocenters. The van der Waals surface area contributed by atoms with Crippen molar-refractivity contribution < 1.29 is 89.8 Å². The third kappa shape index (κ3) is 7.23. The van der Waals surface area contributed by atoms with Crippen LogP contribution in [0.2, 0.25) is 0 Å². The number of hydrogen-bond acceptors (Lipinski definition) is 17. The van der Waals surface area contributed by atoms with E-state index in [0.29, 0.717) is 10.9 Å². The molecule has 5 rings (SSSR count). The Hall–Kier alpha value is -2.90. The van der Waals surface area contributed by atoms with Crippen molar-refractivity contribution in [2.45, 2.75) is 111 Å². The maximum atomic E-state index is 12.8. The monoisotopic (exact) mass is 732 g/mol. The summed E-state index contributed by atoms with van der Waals surface area (Å²) >= 11 is 0. The average molecular weight is 733 g/mol. The maximum Gasteiger partial charge on any atom is 0.364 e. The molecule has 0 spiro atoms. The molecule has 51 heavy (non-hydrogen) atoms. The third-order valence-corrected chi connectivity index (χ3v) is 9.60. The lowest BCUT2D eigenvalue weighted by Crippen LogP contribution is -2.70. The van der Waals surface area contributed by atoms with Crippen molar-refractivity contribution in [3.8, 4) is 0 Å². The van der Waals surface area contributed by atoms with Gasteiger partial charge in [-0.15, -0.1) is 0 Å². The molecular formula is C31H44N2O18. The van der Waals surface area contributed by atoms with Crippen LogP contribution in [0.15, 0.2) is 30.5 Å². The molecule has 1 aromatic carbocycles. The second-order valence-corrected chi connectivity index (χ2v) is 12.9. The topological polar surface area (TPSA) is 331 Å². The number of fused-ring (bicyclic) bond motifs is 1. The number of ether oxygens (including phenoxy) is 4. The Labute approximate surface area is 289 Å². The predicted octanol–water partition coefficient (Wildman–Crippen LogP) is -5.70. The van der Waals surface area contributed by atoms with Crippen LogP contribution in [0.5, 0.6) is 0 Å². The number of hydrogen-bond donors (Lipinski definition) is 13. The molecule has 1 amide bonds. The molecule has 0 radical (unpaired) electrons. The number of amides is 1. The second-order valence-electron chi connectivity index (χ2n) is 12.9. The van der Waals surface area contributed by atoms with Crippen LogP contribution >= 0.6 is 0 Å². The largest absolute Gasteiger partial charge is 0.477 e. The quantitative estimate of drug-likeness (QED) is 0.102. The van der Waals surface area contributed by atoms with Crippen LogP contribution in [0.25, 0.3) is 10.9 Å². The molecule has 0 bridgehead atoms. The summed E-state index contributed by atoms with van der Waals surface area (Å²) in [6, 6.07) is 4.86. The molecule has 2 aromatic rings. The summed E-state index contributed by atoms with van der Waals surface area (Å²) in [5.74, 6) is -5.63. The standard InChI is InChI=1S/C31H44N2O18/c1-11(37)32-19-15(38)6-31(30(46)47,50-27(19)20(40)16(39)8-34)51-28-22(42)18(10-36)49-29(25(28)45)33-7-13(12-4-2-3-5-14(12)33)26-24(44)23(43)21(41)17(9-35)48-26/h2-5,7,15-29,34-36,38-45H,6,8-10H2,1H3,(H,32,37)(H,46,47)/t15-,16+,17+,18+,19+,20+,21+,22-,23-,24-,25+,26+,27+,28-,29+,31-/m0/s1. The van der Waals surface area contributed by atoms with Crippen LogP contribution < -0.4 is 5.32 Å². The summed E-state index contributed by atoms with van der Waals surface area (Å²) in [5.41, 5.74) is 0.503. The van der Waals surface area contributed by atoms with Gasteiger partial charge in [0.2, 0.25) is 5.91 Å². The molecule has 13 N–H and O–H groups in total. The smallest absolute Gasteiger partial charge is 0.364 e. The fourth-order valence-electron chi connectivity index (χ4n) is 6.93. The highest BCUT2D eigenvalue weighted by molar-refractivity contribution is 5.84. The molecule has 20 heteroatoms. The van der Waals surface area contributed by atoms with Gasteiger partial charge in [0.15, 0.2) is 6.23 Å². The number of nitrogens with zero attached hydrogens (tertiary/aromatic N) is 1. The van der Waals surface area contributed by atoms with Gasteiger partial charge in [-0.25, -0.2) is 4.79 Å². The molecule has 0 aliphatic carbocycles. The lowest BCUT2D eigenvalue weighted by Gasteiger charge is -2.50. The summed E-state index contributed by atoms with van der Waals surface area (Å²) in [5, 5.41) is 129. The number of rotatable bonds is 11. The summed E-state index contributed by atoms with van der Waals surface area (Å²) in [4.78, 5) is 24.7. The Balaban J connectivity index is 1.54. The van der Waals surface area contributed by atoms with Gasteiger partial charge in [0.05, 0.1) is 37.5 Å². The van der Waals surface area contributed by atoms with E-state index < -0.39 is 136 Å². The molecule has 20 nitrogen and oxygen atoms in total. The first kappa shape index (κ1) is 39.3. The lowest BCUT2D eigenvalue weighted by molar-refractivity contribution is -0.357. The maximum absolute atomic E-state index is 12.8. The number of carboxylic acid groups (broad SMARTS) is 1. The van der Waals surface area contributed by atoms with Gasteiger partial charge in [0, 0.05) is 30.5 Å². The predicted molar refractivity (Wildman–Crippen MR) is 165 cm³/mol. The first-order chi connectivity index (χ1) is 24.1. The van der Waals surface area contributed by atoms with Crippen molar-refractivity contribution in [3.05, 3.63) is 36.0 Å². The summed E-state index contributed by atoms with van der Waals surface area (Å²) in [7, 11) is 0. The number of nitrogens with one attached hydrogen (secondary N) is 1. The molecule has 3 saturated heterocycles. The number of aromatic nitrogens is 1. The number of carboxylic acids is 1. The molecule has 0 saturated carbocycles. The van der Waals surface area contributed by atoms with Crippen LogP contribution in [-0.2, 0) is 28.5 Å². The Morgan fingerprint density at radius 3 is 2.20 bits per heavy atom. The number of benzene rings is 1. The van der Waals surface area contributed by atoms with E-state index in [0.717, 1.165) is 6.92 Å². The van der Waals surface area contributed by atoms with E-state index in [4.69, 9.17) is 18.9 Å². The van der Waals surface area contributed by atoms with Crippen LogP contribution in [-0.4, -0.2) is 183 Å². The van der Waals surface area contributed by atoms with E-state index in [2.05, 4.69) is 5.32 Å². The average Bonchev–Trinajstić information content (AvgIpc) is 3.48. The zero-order chi connectivity index (χ0) is 37.5. The van der Waals surface area contributed by atoms with Gasteiger partial charge in [0.25, 0.3) is 5.79 Å². The van der Waals surface area contributed by atoms with Gasteiger partial charge in [-0.2, -0.15) is 0 Å². The van der Waals surface area contributed by atoms with Gasteiger partial charge in [-0.3, -0.25) is 4.79 Å². The van der Waals surface area contributed by atoms with Gasteiger partial charge in [-0.05, 0) is 6.07 Å². The minimum absolute atomic E-state index is 0.200. The highest BCUT2D eigenvalue weighted by Gasteiger charge is 2.59. The van der Waals surface area contributed by atoms with Crippen molar-refractivity contribution in [1.82, 2.24) is 9.88 Å². The van der Waals surface area contributed by atoms with Gasteiger partial charge < -0.3 is 90.1 Å². The van der Waals surface area contributed by atoms with Gasteiger partial charge >= 0.3 is 5.97 Å². The molecule has 286 valence electrons. The van der Waals surface area contributed by atoms with E-state index in [9.17, 15) is 70.9 Å². The van der Waals surface area contributed by atoms with Crippen molar-refractivity contribution >= 4 is 22.8 Å². The minimum Gasteiger partial charge on any atom is -0.477 e. The Morgan fingerprint density at radius 2 is 1.59 bits per heavy atom. The van der Waals surface area contributed by atoms with Crippen molar-refractivity contribution in [1.29, 1.82) is 0 Å². The molecule has 4 heterocycles. The fourth-order valence-corrected chi connectivity index (χ4v) is 6.93. The Kier molecular flexibility index (Phi) is 12.0. The number of carbonyl (C=O) groups excluding carboxylic acids is 1. The first-order valence-electron chi connectivity index (χ1n) is 16.1. The zero-order valence-electron chi connectivity index (χ0n) is 27.1. The molecule has 3 aliphatic heterocycles. The minimum atomic E-state index is -2.98.